The van der Waals surface area contributed by atoms with Gasteiger partial charge in [-0.05, 0) is 65.1 Å². The lowest BCUT2D eigenvalue weighted by atomic mass is 10.1. The molecule has 0 bridgehead atoms. The number of carbonyl (C=O) groups excluding carboxylic acids is 1. The zero-order valence-electron chi connectivity index (χ0n) is 10.2. The molecule has 3 N–H and O–H groups in total. The SMILES string of the molecule is NC(=S)c1cc(NC(=O)c2ccc(I)cc2)ccc1F. The quantitative estimate of drug-likeness (QED) is 0.614. The molecule has 0 radical (unpaired) electrons. The molecule has 0 atom stereocenters. The standard InChI is InChI=1S/C14H10FIN2OS/c15-12-6-5-10(7-11(12)13(17)20)18-14(19)8-1-3-9(16)4-2-8/h1-7H,(H2,17,20)(H,18,19). The minimum absolute atomic E-state index is 0.0483. The molecule has 2 aromatic rings. The minimum atomic E-state index is -0.509. The number of rotatable bonds is 3. The van der Waals surface area contributed by atoms with Gasteiger partial charge < -0.3 is 11.1 Å². The summed E-state index contributed by atoms with van der Waals surface area (Å²) in [6.45, 7) is 0. The summed E-state index contributed by atoms with van der Waals surface area (Å²) in [5.74, 6) is -0.785. The molecule has 20 heavy (non-hydrogen) atoms. The number of thiocarbonyl (C=S) groups is 1. The molecule has 0 saturated heterocycles. The first-order valence-electron chi connectivity index (χ1n) is 5.63. The predicted molar refractivity (Wildman–Crippen MR) is 89.4 cm³/mol. The average molecular weight is 400 g/mol. The molecule has 1 amide bonds. The van der Waals surface area contributed by atoms with E-state index in [2.05, 4.69) is 27.9 Å². The third-order valence-electron chi connectivity index (χ3n) is 2.60. The summed E-state index contributed by atoms with van der Waals surface area (Å²) in [4.78, 5) is 12.0. The Labute approximate surface area is 134 Å². The van der Waals surface area contributed by atoms with Crippen LogP contribution in [0, 0.1) is 9.39 Å². The van der Waals surface area contributed by atoms with Crippen molar-refractivity contribution < 1.29 is 9.18 Å². The molecule has 0 fully saturated rings. The van der Waals surface area contributed by atoms with E-state index in [4.69, 9.17) is 18.0 Å². The molecule has 0 heterocycles. The normalized spacial score (nSPS) is 10.1. The number of carbonyl (C=O) groups is 1. The van der Waals surface area contributed by atoms with Crippen LogP contribution in [-0.2, 0) is 0 Å². The van der Waals surface area contributed by atoms with E-state index in [0.717, 1.165) is 3.57 Å². The highest BCUT2D eigenvalue weighted by Crippen LogP contribution is 2.16. The topological polar surface area (TPSA) is 55.1 Å². The van der Waals surface area contributed by atoms with E-state index >= 15 is 0 Å². The third kappa shape index (κ3) is 3.51. The lowest BCUT2D eigenvalue weighted by Crippen LogP contribution is -2.15. The molecule has 3 nitrogen and oxygen atoms in total. The van der Waals surface area contributed by atoms with Gasteiger partial charge in [-0.15, -0.1) is 0 Å². The Kier molecular flexibility index (Phi) is 4.66. The number of nitrogens with two attached hydrogens (primary N) is 1. The van der Waals surface area contributed by atoms with Gasteiger partial charge in [0.05, 0.1) is 0 Å². The molecule has 0 aromatic heterocycles. The number of amides is 1. The molecule has 0 spiro atoms. The number of anilines is 1. The molecule has 0 aliphatic heterocycles. The van der Waals surface area contributed by atoms with Crippen LogP contribution in [0.3, 0.4) is 0 Å². The molecular weight excluding hydrogens is 390 g/mol. The van der Waals surface area contributed by atoms with Crippen molar-refractivity contribution in [1.29, 1.82) is 0 Å². The highest BCUT2D eigenvalue weighted by Gasteiger charge is 2.09. The maximum atomic E-state index is 13.4. The Morgan fingerprint density at radius 1 is 1.20 bits per heavy atom. The molecule has 102 valence electrons. The summed E-state index contributed by atoms with van der Waals surface area (Å²) in [6, 6.07) is 11.2. The first-order chi connectivity index (χ1) is 9.47. The predicted octanol–water partition coefficient (Wildman–Crippen LogP) is 3.32. The lowest BCUT2D eigenvalue weighted by Gasteiger charge is -2.08. The molecule has 6 heteroatoms. The second-order valence-corrected chi connectivity index (χ2v) is 5.71. The lowest BCUT2D eigenvalue weighted by molar-refractivity contribution is 0.102. The molecule has 0 aliphatic carbocycles. The highest BCUT2D eigenvalue weighted by molar-refractivity contribution is 14.1. The van der Waals surface area contributed by atoms with Crippen molar-refractivity contribution in [3.63, 3.8) is 0 Å². The first kappa shape index (κ1) is 14.9. The molecule has 0 saturated carbocycles. The van der Waals surface area contributed by atoms with Gasteiger partial charge in [0, 0.05) is 20.4 Å². The Hall–Kier alpha value is -1.54. The van der Waals surface area contributed by atoms with E-state index < -0.39 is 5.82 Å². The van der Waals surface area contributed by atoms with E-state index in [-0.39, 0.29) is 16.5 Å². The number of hydrogen-bond acceptors (Lipinski definition) is 2. The van der Waals surface area contributed by atoms with E-state index in [1.165, 1.54) is 18.2 Å². The third-order valence-corrected chi connectivity index (χ3v) is 3.54. The summed E-state index contributed by atoms with van der Waals surface area (Å²) in [6.07, 6.45) is 0. The maximum absolute atomic E-state index is 13.4. The number of nitrogens with one attached hydrogen (secondary N) is 1. The van der Waals surface area contributed by atoms with Crippen LogP contribution in [0.15, 0.2) is 42.5 Å². The van der Waals surface area contributed by atoms with Crippen LogP contribution < -0.4 is 11.1 Å². The van der Waals surface area contributed by atoms with Crippen molar-refractivity contribution in [2.45, 2.75) is 0 Å². The molecule has 0 aliphatic rings. The van der Waals surface area contributed by atoms with Gasteiger partial charge >= 0.3 is 0 Å². The summed E-state index contributed by atoms with van der Waals surface area (Å²) >= 11 is 6.91. The van der Waals surface area contributed by atoms with Gasteiger partial charge in [-0.25, -0.2) is 4.39 Å². The fraction of sp³-hybridized carbons (Fsp3) is 0. The Bertz CT molecular complexity index is 673. The second kappa shape index (κ2) is 6.27. The van der Waals surface area contributed by atoms with Crippen LogP contribution in [0.25, 0.3) is 0 Å². The van der Waals surface area contributed by atoms with Crippen molar-refractivity contribution in [2.24, 2.45) is 5.73 Å². The average Bonchev–Trinajstić information content (AvgIpc) is 2.41. The number of hydrogen-bond donors (Lipinski definition) is 2. The van der Waals surface area contributed by atoms with Crippen molar-refractivity contribution >= 4 is 51.4 Å². The van der Waals surface area contributed by atoms with Crippen molar-refractivity contribution in [1.82, 2.24) is 0 Å². The van der Waals surface area contributed by atoms with E-state index in [0.29, 0.717) is 11.3 Å². The van der Waals surface area contributed by atoms with Crippen LogP contribution in [0.5, 0.6) is 0 Å². The summed E-state index contributed by atoms with van der Waals surface area (Å²) < 4.78 is 14.5. The van der Waals surface area contributed by atoms with Gasteiger partial charge in [0.1, 0.15) is 10.8 Å². The zero-order valence-corrected chi connectivity index (χ0v) is 13.2. The fourth-order valence-electron chi connectivity index (χ4n) is 1.60. The molecule has 2 rings (SSSR count). The molecule has 0 unspecified atom stereocenters. The fourth-order valence-corrected chi connectivity index (χ4v) is 2.11. The van der Waals surface area contributed by atoms with Gasteiger partial charge in [0.15, 0.2) is 0 Å². The van der Waals surface area contributed by atoms with Gasteiger partial charge in [-0.3, -0.25) is 4.79 Å². The van der Waals surface area contributed by atoms with Crippen LogP contribution in [0.1, 0.15) is 15.9 Å². The second-order valence-electron chi connectivity index (χ2n) is 4.02. The molecular formula is C14H10FIN2OS. The van der Waals surface area contributed by atoms with E-state index in [9.17, 15) is 9.18 Å². The first-order valence-corrected chi connectivity index (χ1v) is 7.12. The number of halogens is 2. The van der Waals surface area contributed by atoms with Gasteiger partial charge in [-0.1, -0.05) is 12.2 Å². The molecule has 2 aromatic carbocycles. The Balaban J connectivity index is 2.21. The summed E-state index contributed by atoms with van der Waals surface area (Å²) in [7, 11) is 0. The maximum Gasteiger partial charge on any atom is 0.255 e. The van der Waals surface area contributed by atoms with Crippen molar-refractivity contribution in [2.75, 3.05) is 5.32 Å². The van der Waals surface area contributed by atoms with E-state index in [1.54, 1.807) is 12.1 Å². The highest BCUT2D eigenvalue weighted by atomic mass is 127. The van der Waals surface area contributed by atoms with Gasteiger partial charge in [0.2, 0.25) is 0 Å². The van der Waals surface area contributed by atoms with Crippen molar-refractivity contribution in [3.05, 3.63) is 63.0 Å². The Morgan fingerprint density at radius 2 is 1.85 bits per heavy atom. The summed E-state index contributed by atoms with van der Waals surface area (Å²) in [5, 5.41) is 2.68. The summed E-state index contributed by atoms with van der Waals surface area (Å²) in [5.41, 5.74) is 6.49. The van der Waals surface area contributed by atoms with Crippen LogP contribution in [0.2, 0.25) is 0 Å². The van der Waals surface area contributed by atoms with Crippen LogP contribution in [-0.4, -0.2) is 10.9 Å². The van der Waals surface area contributed by atoms with Crippen LogP contribution in [0.4, 0.5) is 10.1 Å². The largest absolute Gasteiger partial charge is 0.389 e. The smallest absolute Gasteiger partial charge is 0.255 e. The van der Waals surface area contributed by atoms with Gasteiger partial charge in [-0.2, -0.15) is 0 Å². The number of benzene rings is 2. The monoisotopic (exact) mass is 400 g/mol. The zero-order chi connectivity index (χ0) is 14.7. The Morgan fingerprint density at radius 3 is 2.45 bits per heavy atom. The van der Waals surface area contributed by atoms with E-state index in [1.807, 2.05) is 12.1 Å². The minimum Gasteiger partial charge on any atom is -0.389 e. The van der Waals surface area contributed by atoms with Gasteiger partial charge in [0.25, 0.3) is 5.91 Å². The van der Waals surface area contributed by atoms with Crippen molar-refractivity contribution in [3.8, 4) is 0 Å². The van der Waals surface area contributed by atoms with Crippen LogP contribution >= 0.6 is 34.8 Å².